The van der Waals surface area contributed by atoms with Crippen LogP contribution in [0.4, 0.5) is 30.6 Å². The van der Waals surface area contributed by atoms with Crippen LogP contribution in [0, 0.1) is 45.8 Å². The molecule has 3 saturated heterocycles. The number of nitrogens with two attached hydrogens (primary N) is 6. The van der Waals surface area contributed by atoms with Crippen LogP contribution in [-0.2, 0) is 40.2 Å². The van der Waals surface area contributed by atoms with Gasteiger partial charge in [0.05, 0.1) is 61.9 Å². The Morgan fingerprint density at radius 1 is 0.550 bits per heavy atom. The number of rotatable bonds is 17. The van der Waals surface area contributed by atoms with E-state index < -0.39 is 29.5 Å². The quantitative estimate of drug-likeness (QED) is 0.0365. The van der Waals surface area contributed by atoms with Gasteiger partial charge in [0.15, 0.2) is 0 Å². The number of amides is 6. The average molecular weight is 1530 g/mol. The Morgan fingerprint density at radius 3 is 1.40 bits per heavy atom. The van der Waals surface area contributed by atoms with Gasteiger partial charge in [0.25, 0.3) is 29.5 Å². The number of nitrogens with zero attached hydrogens (tertiary/aromatic N) is 15. The second-order valence-electron chi connectivity index (χ2n) is 31.2. The molecule has 0 radical (unpaired) electrons. The van der Waals surface area contributed by atoms with Gasteiger partial charge < -0.3 is 49.1 Å². The lowest BCUT2D eigenvalue weighted by atomic mass is 9.65. The molecule has 27 nitrogen and oxygen atoms in total. The summed E-state index contributed by atoms with van der Waals surface area (Å²) in [5.41, 5.74) is 43.0. The van der Waals surface area contributed by atoms with Crippen LogP contribution >= 0.6 is 11.6 Å². The molecule has 8 aliphatic rings. The fourth-order valence-corrected chi connectivity index (χ4v) is 17.4. The molecule has 3 spiro atoms. The molecule has 6 aromatic heterocycles. The monoisotopic (exact) mass is 1530 g/mol. The van der Waals surface area contributed by atoms with Gasteiger partial charge in [-0.1, -0.05) is 84.6 Å². The lowest BCUT2D eigenvalue weighted by Gasteiger charge is -2.45. The number of primary amides is 3. The molecule has 5 aliphatic carbocycles. The summed E-state index contributed by atoms with van der Waals surface area (Å²) in [6, 6.07) is 22.0. The molecule has 9 heterocycles. The first-order valence-corrected chi connectivity index (χ1v) is 37.6. The van der Waals surface area contributed by atoms with Crippen molar-refractivity contribution in [2.24, 2.45) is 39.4 Å². The highest BCUT2D eigenvalue weighted by molar-refractivity contribution is 6.30. The number of anilines is 3. The van der Waals surface area contributed by atoms with Crippen molar-refractivity contribution in [1.82, 2.24) is 73.4 Å². The Morgan fingerprint density at radius 2 is 0.973 bits per heavy atom. The summed E-state index contributed by atoms with van der Waals surface area (Å²) in [4.78, 5) is 79.2. The number of hydrogen-bond donors (Lipinski definition) is 6. The summed E-state index contributed by atoms with van der Waals surface area (Å²) >= 11 is 5.90. The number of likely N-dealkylation sites (tertiary alicyclic amines) is 3. The zero-order chi connectivity index (χ0) is 78.0. The van der Waals surface area contributed by atoms with E-state index in [-0.39, 0.29) is 97.7 Å². The van der Waals surface area contributed by atoms with Crippen LogP contribution in [0.25, 0.3) is 33.8 Å². The second kappa shape index (κ2) is 29.5. The van der Waals surface area contributed by atoms with E-state index in [1.54, 1.807) is 49.1 Å². The molecule has 574 valence electrons. The topological polar surface area (TPSA) is 375 Å². The number of nitrogen functional groups attached to an aromatic ring is 3. The Hall–Kier alpha value is -11.9. The van der Waals surface area contributed by atoms with Gasteiger partial charge in [-0.2, -0.15) is 43.8 Å². The molecule has 3 aliphatic heterocycles. The Kier molecular flexibility index (Phi) is 19.8. The fraction of sp³-hybridized carbons (Fsp3) is 0.400. The predicted molar refractivity (Wildman–Crippen MR) is 408 cm³/mol. The Labute approximate surface area is 642 Å². The van der Waals surface area contributed by atoms with E-state index in [2.05, 4.69) is 74.9 Å². The van der Waals surface area contributed by atoms with Crippen LogP contribution < -0.4 is 34.4 Å². The van der Waals surface area contributed by atoms with Crippen molar-refractivity contribution in [2.75, 3.05) is 56.5 Å². The number of aromatic nitrogens is 12. The van der Waals surface area contributed by atoms with Crippen molar-refractivity contribution in [3.05, 3.63) is 172 Å². The van der Waals surface area contributed by atoms with Gasteiger partial charge in [0, 0.05) is 85.5 Å². The standard InChI is InChI=1S/C27H31N7O2.C27H29N7O2.C26H25ClF3N7O2/c1-2-22(35)32-9-8-27(16-32)11-21(12-27)34-25(28)23(26(29)36)24(31-34)20-13-30-33(15-20)14-17-4-3-5-19(10-17)18-6-7-18;28-25-23(26(29)36)24(20-14-30-33(16-20)15-19-4-2-1-3-5-19)31-34(25)21-12-27(13-21)10-11-32(17-27)22(35)9-8-18-6-7-18;1-2-3-20(38)35-5-4-25(14-35)9-19(10-25)37-23(31)21(24(32)39)22(34-37)16-11-33-36(13-16)12-15-6-17(26(28,29)30)8-18(27)7-15/h2-5,10,13,15,18,21H,1,6-9,11-12,14,16,28H2,(H2,29,36);1-5,14,16,18,21H,6-7,10-13,15,17,28H2,(H2,29,36);6-8,11,13,19H,4-5,9-10,12,14,31H2,1H3,(H2,32,39). The molecule has 9 aromatic rings. The molecule has 12 N–H and O–H groups in total. The van der Waals surface area contributed by atoms with Crippen LogP contribution in [-0.4, -0.2) is 148 Å². The van der Waals surface area contributed by atoms with E-state index in [1.807, 2.05) is 57.2 Å². The SMILES string of the molecule is C=CC(=O)N1CCC2(CC(n3nc(-c4cnn(Cc5cccc(C6CC6)c5)c4)c(C(N)=O)c3N)C2)C1.CC#CC(=O)N1CCC2(CC(n3nc(-c4cnn(Cc5cc(Cl)cc(C(F)(F)F)c5)c4)c(C(N)=O)c3N)C2)C1.NC(=O)c1c(-c2cnn(Cc3ccccc3)c2)nn(C2CC3(CCN(C(=O)C#CC4CC4)C3)C2)c1N. The zero-order valence-corrected chi connectivity index (χ0v) is 62.0. The Balaban J connectivity index is 0.000000132. The minimum Gasteiger partial charge on any atom is -0.383 e. The maximum Gasteiger partial charge on any atom is 0.416 e. The number of hydrogen-bond acceptors (Lipinski definition) is 15. The third-order valence-electron chi connectivity index (χ3n) is 23.1. The van der Waals surface area contributed by atoms with E-state index in [1.165, 1.54) is 47.0 Å². The first-order valence-electron chi connectivity index (χ1n) is 37.2. The minimum atomic E-state index is -4.54. The highest BCUT2D eigenvalue weighted by Gasteiger charge is 2.54. The van der Waals surface area contributed by atoms with Gasteiger partial charge in [0.1, 0.15) is 51.2 Å². The third kappa shape index (κ3) is 15.5. The first-order chi connectivity index (χ1) is 53.1. The van der Waals surface area contributed by atoms with Gasteiger partial charge in [-0.15, -0.1) is 0 Å². The maximum absolute atomic E-state index is 13.2. The van der Waals surface area contributed by atoms with Crippen LogP contribution in [0.2, 0.25) is 5.02 Å². The summed E-state index contributed by atoms with van der Waals surface area (Å²) in [5.74, 6) is 10.7. The van der Waals surface area contributed by atoms with Crippen molar-refractivity contribution in [3.8, 4) is 57.5 Å². The molecule has 3 aromatic carbocycles. The van der Waals surface area contributed by atoms with Gasteiger partial charge in [-0.05, 0) is 171 Å². The fourth-order valence-electron chi connectivity index (χ4n) is 17.1. The average Bonchev–Trinajstić information content (AvgIpc) is 1.61. The number of halogens is 4. The van der Waals surface area contributed by atoms with Crippen LogP contribution in [0.15, 0.2) is 123 Å². The summed E-state index contributed by atoms with van der Waals surface area (Å²) < 4.78 is 49.7. The van der Waals surface area contributed by atoms with E-state index in [4.69, 9.17) is 56.2 Å². The number of benzene rings is 3. The predicted octanol–water partition coefficient (Wildman–Crippen LogP) is 9.26. The summed E-state index contributed by atoms with van der Waals surface area (Å²) in [6.45, 7) is 10.6. The number of alkyl halides is 3. The largest absolute Gasteiger partial charge is 0.416 e. The van der Waals surface area contributed by atoms with E-state index in [9.17, 15) is 41.9 Å². The molecule has 17 rings (SSSR count). The lowest BCUT2D eigenvalue weighted by molar-refractivity contribution is -0.137. The Bertz CT molecular complexity index is 5310. The summed E-state index contributed by atoms with van der Waals surface area (Å²) in [5, 5.41) is 27.3. The van der Waals surface area contributed by atoms with Gasteiger partial charge >= 0.3 is 6.18 Å². The summed E-state index contributed by atoms with van der Waals surface area (Å²) in [6.07, 6.45) is 19.4. The number of carbonyl (C=O) groups excluding carboxylic acids is 6. The molecule has 5 saturated carbocycles. The van der Waals surface area contributed by atoms with Crippen molar-refractivity contribution in [3.63, 3.8) is 0 Å². The molecule has 111 heavy (non-hydrogen) atoms. The first kappa shape index (κ1) is 74.5. The lowest BCUT2D eigenvalue weighted by Crippen LogP contribution is -2.42. The van der Waals surface area contributed by atoms with Gasteiger partial charge in [0.2, 0.25) is 5.91 Å². The summed E-state index contributed by atoms with van der Waals surface area (Å²) in [7, 11) is 0. The smallest absolute Gasteiger partial charge is 0.383 e. The van der Waals surface area contributed by atoms with Crippen molar-refractivity contribution < 1.29 is 41.9 Å². The normalized spacial score (nSPS) is 22.1. The molecular weight excluding hydrogens is 1440 g/mol. The van der Waals surface area contributed by atoms with E-state index >= 15 is 0 Å². The van der Waals surface area contributed by atoms with Crippen molar-refractivity contribution in [1.29, 1.82) is 0 Å². The minimum absolute atomic E-state index is 0.00844. The molecule has 0 bridgehead atoms. The highest BCUT2D eigenvalue weighted by atomic mass is 35.5. The van der Waals surface area contributed by atoms with E-state index in [0.717, 1.165) is 108 Å². The molecular formula is C80H85ClF3N21O6. The maximum atomic E-state index is 13.2. The molecule has 31 heteroatoms. The third-order valence-corrected chi connectivity index (χ3v) is 23.3. The molecule has 8 fully saturated rings. The second-order valence-corrected chi connectivity index (χ2v) is 31.6. The van der Waals surface area contributed by atoms with Crippen LogP contribution in [0.3, 0.4) is 0 Å². The van der Waals surface area contributed by atoms with Crippen LogP contribution in [0.5, 0.6) is 0 Å². The highest BCUT2D eigenvalue weighted by Crippen LogP contribution is 2.58. The van der Waals surface area contributed by atoms with E-state index in [0.29, 0.717) is 84.0 Å². The van der Waals surface area contributed by atoms with Gasteiger partial charge in [-0.25, -0.2) is 14.0 Å². The molecule has 0 unspecified atom stereocenters. The molecule has 6 amide bonds. The number of carbonyl (C=O) groups is 6. The molecule has 0 atom stereocenters. The van der Waals surface area contributed by atoms with Gasteiger partial charge in [-0.3, -0.25) is 42.8 Å². The zero-order valence-electron chi connectivity index (χ0n) is 61.3. The van der Waals surface area contributed by atoms with Crippen molar-refractivity contribution in [2.45, 2.75) is 140 Å². The van der Waals surface area contributed by atoms with Crippen molar-refractivity contribution >= 4 is 64.5 Å². The van der Waals surface area contributed by atoms with Crippen LogP contribution in [0.1, 0.15) is 173 Å².